The van der Waals surface area contributed by atoms with Crippen molar-refractivity contribution in [2.45, 2.75) is 13.5 Å². The Morgan fingerprint density at radius 2 is 2.17 bits per heavy atom. The fourth-order valence-electron chi connectivity index (χ4n) is 1.57. The number of nitrogens with one attached hydrogen (secondary N) is 1. The molecular formula is C12H11IN2O2S. The first-order chi connectivity index (χ1) is 8.56. The van der Waals surface area contributed by atoms with Gasteiger partial charge in [0.2, 0.25) is 0 Å². The second kappa shape index (κ2) is 5.66. The van der Waals surface area contributed by atoms with E-state index in [-0.39, 0.29) is 9.92 Å². The summed E-state index contributed by atoms with van der Waals surface area (Å²) in [6.45, 7) is 2.65. The van der Waals surface area contributed by atoms with Crippen LogP contribution in [0, 0.1) is 20.6 Å². The molecule has 4 nitrogen and oxygen atoms in total. The summed E-state index contributed by atoms with van der Waals surface area (Å²) >= 11 is 3.48. The molecule has 0 aliphatic carbocycles. The molecule has 0 fully saturated rings. The zero-order chi connectivity index (χ0) is 13.1. The maximum Gasteiger partial charge on any atom is 0.324 e. The summed E-state index contributed by atoms with van der Waals surface area (Å²) in [6.07, 6.45) is 0. The Morgan fingerprint density at radius 1 is 1.39 bits per heavy atom. The lowest BCUT2D eigenvalue weighted by molar-refractivity contribution is -0.380. The second-order valence-electron chi connectivity index (χ2n) is 3.81. The van der Waals surface area contributed by atoms with Crippen LogP contribution in [0.3, 0.4) is 0 Å². The van der Waals surface area contributed by atoms with Gasteiger partial charge in [0, 0.05) is 26.7 Å². The maximum absolute atomic E-state index is 10.6. The molecule has 94 valence electrons. The molecule has 0 bridgehead atoms. The van der Waals surface area contributed by atoms with Crippen LogP contribution < -0.4 is 5.32 Å². The Hall–Kier alpha value is -1.15. The van der Waals surface area contributed by atoms with Crippen LogP contribution in [0.5, 0.6) is 0 Å². The van der Waals surface area contributed by atoms with Gasteiger partial charge in [-0.15, -0.1) is 0 Å². The molecule has 0 aliphatic heterocycles. The van der Waals surface area contributed by atoms with Gasteiger partial charge in [-0.3, -0.25) is 10.1 Å². The number of hydrogen-bond acceptors (Lipinski definition) is 4. The van der Waals surface area contributed by atoms with Gasteiger partial charge in [-0.25, -0.2) is 0 Å². The Bertz CT molecular complexity index is 583. The first-order valence-electron chi connectivity index (χ1n) is 5.29. The highest BCUT2D eigenvalue weighted by Gasteiger charge is 2.09. The molecule has 0 atom stereocenters. The molecule has 0 aliphatic rings. The maximum atomic E-state index is 10.6. The van der Waals surface area contributed by atoms with E-state index >= 15 is 0 Å². The smallest absolute Gasteiger partial charge is 0.324 e. The normalized spacial score (nSPS) is 10.3. The largest absolute Gasteiger partial charge is 0.380 e. The number of hydrogen-bond donors (Lipinski definition) is 1. The number of aryl methyl sites for hydroxylation is 1. The number of nitro groups is 1. The van der Waals surface area contributed by atoms with E-state index in [1.165, 1.54) is 20.5 Å². The molecule has 2 aromatic rings. The van der Waals surface area contributed by atoms with Crippen LogP contribution in [0.4, 0.5) is 10.7 Å². The number of anilines is 1. The quantitative estimate of drug-likeness (QED) is 0.496. The lowest BCUT2D eigenvalue weighted by atomic mass is 10.2. The van der Waals surface area contributed by atoms with Gasteiger partial charge in [-0.1, -0.05) is 11.3 Å². The van der Waals surface area contributed by atoms with Crippen LogP contribution in [0.1, 0.15) is 10.4 Å². The Morgan fingerprint density at radius 3 is 2.78 bits per heavy atom. The lowest BCUT2D eigenvalue weighted by Gasteiger charge is -2.08. The number of rotatable bonds is 4. The third kappa shape index (κ3) is 3.20. The Balaban J connectivity index is 2.04. The number of thiophene rings is 1. The number of nitrogens with zero attached hydrogens (tertiary/aromatic N) is 1. The Kier molecular flexibility index (Phi) is 4.18. The first-order valence-corrected chi connectivity index (χ1v) is 7.19. The zero-order valence-electron chi connectivity index (χ0n) is 9.64. The molecule has 0 radical (unpaired) electrons. The van der Waals surface area contributed by atoms with E-state index in [4.69, 9.17) is 0 Å². The summed E-state index contributed by atoms with van der Waals surface area (Å²) in [6, 6.07) is 9.49. The first kappa shape index (κ1) is 13.3. The van der Waals surface area contributed by atoms with Gasteiger partial charge in [0.1, 0.15) is 0 Å². The molecule has 0 saturated heterocycles. The van der Waals surface area contributed by atoms with Crippen molar-refractivity contribution in [1.29, 1.82) is 0 Å². The number of halogens is 1. The average molecular weight is 374 g/mol. The molecule has 6 heteroatoms. The molecule has 2 rings (SSSR count). The molecule has 0 amide bonds. The van der Waals surface area contributed by atoms with Crippen molar-refractivity contribution in [3.63, 3.8) is 0 Å². The fraction of sp³-hybridized carbons (Fsp3) is 0.167. The lowest BCUT2D eigenvalue weighted by Crippen LogP contribution is -1.99. The molecule has 0 saturated carbocycles. The monoisotopic (exact) mass is 374 g/mol. The third-order valence-electron chi connectivity index (χ3n) is 2.47. The standard InChI is InChI=1S/C12H11IN2O2S/c1-8-6-9(13)2-4-11(8)14-7-10-3-5-12(18-10)15(16)17/h2-6,14H,7H2,1H3. The Labute approximate surface area is 122 Å². The van der Waals surface area contributed by atoms with Gasteiger partial charge in [0.05, 0.1) is 4.92 Å². The predicted molar refractivity (Wildman–Crippen MR) is 82.2 cm³/mol. The van der Waals surface area contributed by atoms with E-state index in [1.54, 1.807) is 12.1 Å². The highest BCUT2D eigenvalue weighted by molar-refractivity contribution is 14.1. The molecule has 0 unspecified atom stereocenters. The van der Waals surface area contributed by atoms with Crippen LogP contribution in [-0.4, -0.2) is 4.92 Å². The van der Waals surface area contributed by atoms with Gasteiger partial charge in [0.15, 0.2) is 0 Å². The summed E-state index contributed by atoms with van der Waals surface area (Å²) in [5.41, 5.74) is 2.24. The molecule has 1 N–H and O–H groups in total. The minimum absolute atomic E-state index is 0.186. The molecule has 1 heterocycles. The predicted octanol–water partition coefficient (Wildman–Crippen LogP) is 4.18. The van der Waals surface area contributed by atoms with Crippen molar-refractivity contribution in [2.75, 3.05) is 5.32 Å². The molecule has 18 heavy (non-hydrogen) atoms. The van der Waals surface area contributed by atoms with Crippen LogP contribution in [0.15, 0.2) is 30.3 Å². The molecular weight excluding hydrogens is 363 g/mol. The van der Waals surface area contributed by atoms with Crippen LogP contribution in [0.25, 0.3) is 0 Å². The van der Waals surface area contributed by atoms with Crippen molar-refractivity contribution in [2.24, 2.45) is 0 Å². The zero-order valence-corrected chi connectivity index (χ0v) is 12.6. The molecule has 0 spiro atoms. The van der Waals surface area contributed by atoms with Crippen molar-refractivity contribution in [1.82, 2.24) is 0 Å². The van der Waals surface area contributed by atoms with E-state index in [0.29, 0.717) is 6.54 Å². The summed E-state index contributed by atoms with van der Waals surface area (Å²) in [5, 5.41) is 14.1. The minimum atomic E-state index is -0.357. The summed E-state index contributed by atoms with van der Waals surface area (Å²) in [7, 11) is 0. The van der Waals surface area contributed by atoms with Gasteiger partial charge < -0.3 is 5.32 Å². The second-order valence-corrected chi connectivity index (χ2v) is 6.20. The van der Waals surface area contributed by atoms with Gasteiger partial charge in [0.25, 0.3) is 0 Å². The van der Waals surface area contributed by atoms with Crippen molar-refractivity contribution < 1.29 is 4.92 Å². The van der Waals surface area contributed by atoms with Crippen LogP contribution in [-0.2, 0) is 6.54 Å². The highest BCUT2D eigenvalue weighted by Crippen LogP contribution is 2.25. The van der Waals surface area contributed by atoms with E-state index in [1.807, 2.05) is 19.1 Å². The summed E-state index contributed by atoms with van der Waals surface area (Å²) in [4.78, 5) is 11.2. The minimum Gasteiger partial charge on any atom is -0.380 e. The molecule has 1 aromatic carbocycles. The van der Waals surface area contributed by atoms with E-state index in [0.717, 1.165) is 10.6 Å². The van der Waals surface area contributed by atoms with Crippen molar-refractivity contribution >= 4 is 44.6 Å². The SMILES string of the molecule is Cc1cc(I)ccc1NCc1ccc([N+](=O)[O-])s1. The van der Waals surface area contributed by atoms with Crippen molar-refractivity contribution in [3.05, 3.63) is 54.5 Å². The van der Waals surface area contributed by atoms with Crippen LogP contribution in [0.2, 0.25) is 0 Å². The fourth-order valence-corrected chi connectivity index (χ4v) is 2.97. The average Bonchev–Trinajstić information content (AvgIpc) is 2.76. The highest BCUT2D eigenvalue weighted by atomic mass is 127. The van der Waals surface area contributed by atoms with E-state index in [9.17, 15) is 10.1 Å². The summed E-state index contributed by atoms with van der Waals surface area (Å²) < 4.78 is 1.20. The van der Waals surface area contributed by atoms with Crippen LogP contribution >= 0.6 is 33.9 Å². The van der Waals surface area contributed by atoms with Gasteiger partial charge in [-0.2, -0.15) is 0 Å². The van der Waals surface area contributed by atoms with Gasteiger partial charge in [-0.05, 0) is 59.3 Å². The molecule has 1 aromatic heterocycles. The topological polar surface area (TPSA) is 55.2 Å². The van der Waals surface area contributed by atoms with Gasteiger partial charge >= 0.3 is 5.00 Å². The van der Waals surface area contributed by atoms with Crippen molar-refractivity contribution in [3.8, 4) is 0 Å². The number of benzene rings is 1. The third-order valence-corrected chi connectivity index (χ3v) is 4.18. The summed E-state index contributed by atoms with van der Waals surface area (Å²) in [5.74, 6) is 0. The van der Waals surface area contributed by atoms with E-state index < -0.39 is 0 Å². The van der Waals surface area contributed by atoms with E-state index in [2.05, 4.69) is 34.0 Å².